The SMILES string of the molecule is N#Cc1ccccc1Nc1ccc(NC(=O)Cc2cccs2)cc1. The molecule has 0 fully saturated rings. The molecular weight excluding hydrogens is 318 g/mol. The Morgan fingerprint density at radius 2 is 1.75 bits per heavy atom. The molecular formula is C19H15N3OS. The van der Waals surface area contributed by atoms with Crippen molar-refractivity contribution < 1.29 is 4.79 Å². The molecule has 2 aromatic carbocycles. The molecule has 5 heteroatoms. The number of amides is 1. The lowest BCUT2D eigenvalue weighted by atomic mass is 10.2. The molecule has 3 aromatic rings. The molecule has 1 amide bonds. The van der Waals surface area contributed by atoms with Crippen LogP contribution in [0.2, 0.25) is 0 Å². The van der Waals surface area contributed by atoms with E-state index in [1.54, 1.807) is 17.4 Å². The summed E-state index contributed by atoms with van der Waals surface area (Å²) in [5, 5.41) is 17.2. The Kier molecular flexibility index (Phi) is 4.90. The van der Waals surface area contributed by atoms with Crippen LogP contribution in [0.15, 0.2) is 66.0 Å². The quantitative estimate of drug-likeness (QED) is 0.720. The first kappa shape index (κ1) is 15.8. The van der Waals surface area contributed by atoms with Gasteiger partial charge in [0.25, 0.3) is 0 Å². The van der Waals surface area contributed by atoms with E-state index in [-0.39, 0.29) is 5.91 Å². The van der Waals surface area contributed by atoms with Crippen LogP contribution in [0.1, 0.15) is 10.4 Å². The molecule has 0 bridgehead atoms. The Hall–Kier alpha value is -3.10. The van der Waals surface area contributed by atoms with Gasteiger partial charge >= 0.3 is 0 Å². The molecule has 1 aromatic heterocycles. The zero-order chi connectivity index (χ0) is 16.8. The highest BCUT2D eigenvalue weighted by Crippen LogP contribution is 2.22. The van der Waals surface area contributed by atoms with Crippen LogP contribution in [0.4, 0.5) is 17.1 Å². The first-order valence-corrected chi connectivity index (χ1v) is 8.31. The zero-order valence-electron chi connectivity index (χ0n) is 12.8. The lowest BCUT2D eigenvalue weighted by molar-refractivity contribution is -0.115. The largest absolute Gasteiger partial charge is 0.354 e. The van der Waals surface area contributed by atoms with Crippen LogP contribution in [0.3, 0.4) is 0 Å². The molecule has 24 heavy (non-hydrogen) atoms. The lowest BCUT2D eigenvalue weighted by Crippen LogP contribution is -2.13. The van der Waals surface area contributed by atoms with E-state index in [1.165, 1.54) is 0 Å². The topological polar surface area (TPSA) is 64.9 Å². The normalized spacial score (nSPS) is 9.96. The molecule has 4 nitrogen and oxygen atoms in total. The molecule has 0 saturated carbocycles. The van der Waals surface area contributed by atoms with Crippen LogP contribution in [-0.2, 0) is 11.2 Å². The first-order valence-electron chi connectivity index (χ1n) is 7.43. The predicted octanol–water partition coefficient (Wildman–Crippen LogP) is 4.54. The van der Waals surface area contributed by atoms with Gasteiger partial charge in [0.2, 0.25) is 5.91 Å². The molecule has 0 saturated heterocycles. The van der Waals surface area contributed by atoms with Crippen molar-refractivity contribution in [2.24, 2.45) is 0 Å². The van der Waals surface area contributed by atoms with Crippen molar-refractivity contribution in [1.29, 1.82) is 5.26 Å². The molecule has 1 heterocycles. The second kappa shape index (κ2) is 7.44. The minimum absolute atomic E-state index is 0.0343. The van der Waals surface area contributed by atoms with Crippen LogP contribution in [-0.4, -0.2) is 5.91 Å². The molecule has 0 aliphatic rings. The van der Waals surface area contributed by atoms with Gasteiger partial charge in [-0.25, -0.2) is 0 Å². The van der Waals surface area contributed by atoms with Gasteiger partial charge in [0.05, 0.1) is 17.7 Å². The number of carbonyl (C=O) groups excluding carboxylic acids is 1. The Bertz CT molecular complexity index is 864. The van der Waals surface area contributed by atoms with E-state index in [0.29, 0.717) is 12.0 Å². The Morgan fingerprint density at radius 3 is 2.46 bits per heavy atom. The number of thiophene rings is 1. The maximum atomic E-state index is 12.0. The highest BCUT2D eigenvalue weighted by molar-refractivity contribution is 7.10. The molecule has 0 aliphatic carbocycles. The zero-order valence-corrected chi connectivity index (χ0v) is 13.6. The third-order valence-corrected chi connectivity index (χ3v) is 4.29. The summed E-state index contributed by atoms with van der Waals surface area (Å²) in [6.07, 6.45) is 0.382. The van der Waals surface area contributed by atoms with Gasteiger partial charge in [0.15, 0.2) is 0 Å². The molecule has 0 atom stereocenters. The summed E-state index contributed by atoms with van der Waals surface area (Å²) in [6, 6.07) is 20.8. The maximum absolute atomic E-state index is 12.0. The van der Waals surface area contributed by atoms with E-state index in [0.717, 1.165) is 21.9 Å². The van der Waals surface area contributed by atoms with E-state index < -0.39 is 0 Å². The fraction of sp³-hybridized carbons (Fsp3) is 0.0526. The molecule has 0 aliphatic heterocycles. The third kappa shape index (κ3) is 4.00. The Morgan fingerprint density at radius 1 is 1.00 bits per heavy atom. The number of nitrogens with one attached hydrogen (secondary N) is 2. The van der Waals surface area contributed by atoms with Crippen molar-refractivity contribution in [3.05, 3.63) is 76.5 Å². The Balaban J connectivity index is 1.63. The highest BCUT2D eigenvalue weighted by atomic mass is 32.1. The standard InChI is InChI=1S/C19H15N3OS/c20-13-14-4-1-2-6-18(14)21-15-7-9-16(10-8-15)22-19(23)12-17-5-3-11-24-17/h1-11,21H,12H2,(H,22,23). The summed E-state index contributed by atoms with van der Waals surface area (Å²) in [4.78, 5) is 13.0. The van der Waals surface area contributed by atoms with E-state index in [9.17, 15) is 4.79 Å². The number of hydrogen-bond acceptors (Lipinski definition) is 4. The van der Waals surface area contributed by atoms with Crippen LogP contribution in [0.5, 0.6) is 0 Å². The van der Waals surface area contributed by atoms with Gasteiger partial charge < -0.3 is 10.6 Å². The second-order valence-electron chi connectivity index (χ2n) is 5.16. The van der Waals surface area contributed by atoms with Gasteiger partial charge in [0, 0.05) is 16.3 Å². The van der Waals surface area contributed by atoms with Crippen molar-refractivity contribution in [3.63, 3.8) is 0 Å². The molecule has 2 N–H and O–H groups in total. The molecule has 0 radical (unpaired) electrons. The minimum atomic E-state index is -0.0343. The maximum Gasteiger partial charge on any atom is 0.229 e. The number of anilines is 3. The number of nitriles is 1. The summed E-state index contributed by atoms with van der Waals surface area (Å²) in [5.41, 5.74) is 2.95. The number of rotatable bonds is 5. The highest BCUT2D eigenvalue weighted by Gasteiger charge is 2.05. The monoisotopic (exact) mass is 333 g/mol. The number of nitrogens with zero attached hydrogens (tertiary/aromatic N) is 1. The van der Waals surface area contributed by atoms with Gasteiger partial charge in [-0.2, -0.15) is 5.26 Å². The van der Waals surface area contributed by atoms with Crippen LogP contribution in [0.25, 0.3) is 0 Å². The first-order chi connectivity index (χ1) is 11.7. The summed E-state index contributed by atoms with van der Waals surface area (Å²) in [5.74, 6) is -0.0343. The average Bonchev–Trinajstić information content (AvgIpc) is 3.10. The van der Waals surface area contributed by atoms with Crippen molar-refractivity contribution >= 4 is 34.3 Å². The van der Waals surface area contributed by atoms with Crippen molar-refractivity contribution in [3.8, 4) is 6.07 Å². The molecule has 3 rings (SSSR count). The van der Waals surface area contributed by atoms with Crippen LogP contribution in [0, 0.1) is 11.3 Å². The van der Waals surface area contributed by atoms with E-state index in [2.05, 4.69) is 16.7 Å². The van der Waals surface area contributed by atoms with Gasteiger partial charge in [-0.05, 0) is 47.8 Å². The molecule has 118 valence electrons. The van der Waals surface area contributed by atoms with Crippen molar-refractivity contribution in [2.75, 3.05) is 10.6 Å². The minimum Gasteiger partial charge on any atom is -0.354 e. The summed E-state index contributed by atoms with van der Waals surface area (Å²) in [6.45, 7) is 0. The van der Waals surface area contributed by atoms with Crippen LogP contribution < -0.4 is 10.6 Å². The fourth-order valence-corrected chi connectivity index (χ4v) is 2.96. The van der Waals surface area contributed by atoms with Gasteiger partial charge in [-0.3, -0.25) is 4.79 Å². The number of carbonyl (C=O) groups is 1. The lowest BCUT2D eigenvalue weighted by Gasteiger charge is -2.09. The van der Waals surface area contributed by atoms with Crippen LogP contribution >= 0.6 is 11.3 Å². The second-order valence-corrected chi connectivity index (χ2v) is 6.20. The van der Waals surface area contributed by atoms with Gasteiger partial charge in [-0.15, -0.1) is 11.3 Å². The Labute approximate surface area is 144 Å². The molecule has 0 spiro atoms. The third-order valence-electron chi connectivity index (χ3n) is 3.41. The van der Waals surface area contributed by atoms with E-state index in [4.69, 9.17) is 5.26 Å². The number of para-hydroxylation sites is 1. The van der Waals surface area contributed by atoms with E-state index in [1.807, 2.05) is 60.0 Å². The van der Waals surface area contributed by atoms with Gasteiger partial charge in [0.1, 0.15) is 6.07 Å². The van der Waals surface area contributed by atoms with E-state index >= 15 is 0 Å². The van der Waals surface area contributed by atoms with Crippen molar-refractivity contribution in [2.45, 2.75) is 6.42 Å². The smallest absolute Gasteiger partial charge is 0.229 e. The fourth-order valence-electron chi connectivity index (χ4n) is 2.26. The summed E-state index contributed by atoms with van der Waals surface area (Å²) >= 11 is 1.57. The van der Waals surface area contributed by atoms with Crippen molar-refractivity contribution in [1.82, 2.24) is 0 Å². The number of hydrogen-bond donors (Lipinski definition) is 2. The van der Waals surface area contributed by atoms with Gasteiger partial charge in [-0.1, -0.05) is 18.2 Å². The molecule has 0 unspecified atom stereocenters. The summed E-state index contributed by atoms with van der Waals surface area (Å²) in [7, 11) is 0. The number of benzene rings is 2. The average molecular weight is 333 g/mol. The predicted molar refractivity (Wildman–Crippen MR) is 97.5 cm³/mol. The summed E-state index contributed by atoms with van der Waals surface area (Å²) < 4.78 is 0.